The van der Waals surface area contributed by atoms with E-state index in [1.807, 2.05) is 0 Å². The van der Waals surface area contributed by atoms with Gasteiger partial charge < -0.3 is 4.90 Å². The number of aromatic nitrogens is 2. The molecule has 4 nitrogen and oxygen atoms in total. The molecule has 0 radical (unpaired) electrons. The van der Waals surface area contributed by atoms with Crippen LogP contribution < -0.4 is 4.90 Å². The van der Waals surface area contributed by atoms with Gasteiger partial charge in [0.2, 0.25) is 5.95 Å². The van der Waals surface area contributed by atoms with Crippen molar-refractivity contribution in [1.29, 1.82) is 0 Å². The number of hydrogen-bond donors (Lipinski definition) is 0. The Morgan fingerprint density at radius 2 is 2.00 bits per heavy atom. The van der Waals surface area contributed by atoms with Gasteiger partial charge in [-0.3, -0.25) is 4.79 Å². The van der Waals surface area contributed by atoms with Gasteiger partial charge in [0, 0.05) is 25.5 Å². The van der Waals surface area contributed by atoms with Crippen molar-refractivity contribution in [2.24, 2.45) is 5.92 Å². The topological polar surface area (TPSA) is 46.1 Å². The van der Waals surface area contributed by atoms with Gasteiger partial charge in [-0.2, -0.15) is 0 Å². The highest BCUT2D eigenvalue weighted by molar-refractivity contribution is 5.73. The molecule has 0 N–H and O–H groups in total. The fourth-order valence-electron chi connectivity index (χ4n) is 2.39. The number of hydrogen-bond acceptors (Lipinski definition) is 4. The Morgan fingerprint density at radius 3 is 2.53 bits per heavy atom. The minimum Gasteiger partial charge on any atom is -0.341 e. The molecule has 0 atom stereocenters. The standard InChI is InChI=1S/C13H19N3O/c1-2-3-11-4-6-16(7-5-11)13-14-8-12(10-17)9-15-13/h8-11H,2-7H2,1H3. The van der Waals surface area contributed by atoms with Crippen LogP contribution in [0.4, 0.5) is 5.95 Å². The second kappa shape index (κ2) is 5.75. The molecule has 0 aromatic carbocycles. The summed E-state index contributed by atoms with van der Waals surface area (Å²) in [6, 6.07) is 0. The van der Waals surface area contributed by atoms with Crippen LogP contribution in [0.5, 0.6) is 0 Å². The van der Waals surface area contributed by atoms with Crippen LogP contribution in [0.3, 0.4) is 0 Å². The number of aldehydes is 1. The molecule has 0 amide bonds. The molecule has 1 aliphatic heterocycles. The van der Waals surface area contributed by atoms with Crippen molar-refractivity contribution < 1.29 is 4.79 Å². The third kappa shape index (κ3) is 3.02. The van der Waals surface area contributed by atoms with Gasteiger partial charge in [-0.15, -0.1) is 0 Å². The number of carbonyl (C=O) groups excluding carboxylic acids is 1. The number of anilines is 1. The van der Waals surface area contributed by atoms with E-state index in [9.17, 15) is 4.79 Å². The van der Waals surface area contributed by atoms with Crippen LogP contribution >= 0.6 is 0 Å². The van der Waals surface area contributed by atoms with Crippen molar-refractivity contribution in [3.05, 3.63) is 18.0 Å². The van der Waals surface area contributed by atoms with Gasteiger partial charge in [0.25, 0.3) is 0 Å². The van der Waals surface area contributed by atoms with Gasteiger partial charge >= 0.3 is 0 Å². The quantitative estimate of drug-likeness (QED) is 0.749. The maximum absolute atomic E-state index is 10.5. The second-order valence-corrected chi connectivity index (χ2v) is 4.65. The van der Waals surface area contributed by atoms with E-state index in [0.717, 1.165) is 31.2 Å². The lowest BCUT2D eigenvalue weighted by atomic mass is 9.93. The Hall–Kier alpha value is -1.45. The van der Waals surface area contributed by atoms with E-state index in [4.69, 9.17) is 0 Å². The van der Waals surface area contributed by atoms with Gasteiger partial charge in [-0.05, 0) is 18.8 Å². The predicted molar refractivity (Wildman–Crippen MR) is 67.3 cm³/mol. The van der Waals surface area contributed by atoms with Gasteiger partial charge in [0.1, 0.15) is 0 Å². The highest BCUT2D eigenvalue weighted by atomic mass is 16.1. The number of carbonyl (C=O) groups is 1. The summed E-state index contributed by atoms with van der Waals surface area (Å²) in [6.07, 6.45) is 9.02. The molecule has 1 aromatic rings. The molecule has 0 bridgehead atoms. The molecule has 1 saturated heterocycles. The molecule has 17 heavy (non-hydrogen) atoms. The minimum absolute atomic E-state index is 0.537. The lowest BCUT2D eigenvalue weighted by Crippen LogP contribution is -2.34. The Labute approximate surface area is 102 Å². The third-order valence-corrected chi connectivity index (χ3v) is 3.39. The molecular weight excluding hydrogens is 214 g/mol. The zero-order valence-corrected chi connectivity index (χ0v) is 10.3. The Morgan fingerprint density at radius 1 is 1.35 bits per heavy atom. The summed E-state index contributed by atoms with van der Waals surface area (Å²) < 4.78 is 0. The lowest BCUT2D eigenvalue weighted by Gasteiger charge is -2.31. The van der Waals surface area contributed by atoms with Crippen molar-refractivity contribution in [3.8, 4) is 0 Å². The molecule has 1 fully saturated rings. The lowest BCUT2D eigenvalue weighted by molar-refractivity contribution is 0.112. The van der Waals surface area contributed by atoms with E-state index in [2.05, 4.69) is 21.8 Å². The van der Waals surface area contributed by atoms with Gasteiger partial charge in [-0.25, -0.2) is 9.97 Å². The molecule has 0 aliphatic carbocycles. The van der Waals surface area contributed by atoms with E-state index in [1.54, 1.807) is 12.4 Å². The highest BCUT2D eigenvalue weighted by Crippen LogP contribution is 2.23. The van der Waals surface area contributed by atoms with E-state index in [-0.39, 0.29) is 0 Å². The van der Waals surface area contributed by atoms with Crippen LogP contribution in [0, 0.1) is 5.92 Å². The van der Waals surface area contributed by atoms with Crippen molar-refractivity contribution in [3.63, 3.8) is 0 Å². The molecule has 92 valence electrons. The third-order valence-electron chi connectivity index (χ3n) is 3.39. The summed E-state index contributed by atoms with van der Waals surface area (Å²) in [5.41, 5.74) is 0.537. The largest absolute Gasteiger partial charge is 0.341 e. The molecule has 0 spiro atoms. The van der Waals surface area contributed by atoms with Crippen LogP contribution in [0.25, 0.3) is 0 Å². The Bertz CT molecular complexity index is 355. The Kier molecular flexibility index (Phi) is 4.07. The predicted octanol–water partition coefficient (Wildman–Crippen LogP) is 2.31. The average Bonchev–Trinajstić information content (AvgIpc) is 2.40. The molecule has 1 aromatic heterocycles. The first-order valence-electron chi connectivity index (χ1n) is 6.35. The summed E-state index contributed by atoms with van der Waals surface area (Å²) in [5.74, 6) is 1.62. The normalized spacial score (nSPS) is 17.1. The van der Waals surface area contributed by atoms with Crippen LogP contribution in [0.15, 0.2) is 12.4 Å². The number of piperidine rings is 1. The van der Waals surface area contributed by atoms with Crippen molar-refractivity contribution >= 4 is 12.2 Å². The van der Waals surface area contributed by atoms with Crippen LogP contribution in [0.2, 0.25) is 0 Å². The fraction of sp³-hybridized carbons (Fsp3) is 0.615. The average molecular weight is 233 g/mol. The first-order valence-corrected chi connectivity index (χ1v) is 6.35. The minimum atomic E-state index is 0.537. The highest BCUT2D eigenvalue weighted by Gasteiger charge is 2.19. The summed E-state index contributed by atoms with van der Waals surface area (Å²) in [4.78, 5) is 21.2. The van der Waals surface area contributed by atoms with E-state index < -0.39 is 0 Å². The second-order valence-electron chi connectivity index (χ2n) is 4.65. The molecule has 0 saturated carbocycles. The molecule has 2 rings (SSSR count). The zero-order chi connectivity index (χ0) is 12.1. The SMILES string of the molecule is CCCC1CCN(c2ncc(C=O)cn2)CC1. The van der Waals surface area contributed by atoms with Crippen molar-refractivity contribution in [2.45, 2.75) is 32.6 Å². The maximum Gasteiger partial charge on any atom is 0.225 e. The monoisotopic (exact) mass is 233 g/mol. The maximum atomic E-state index is 10.5. The fourth-order valence-corrected chi connectivity index (χ4v) is 2.39. The zero-order valence-electron chi connectivity index (χ0n) is 10.3. The first-order chi connectivity index (χ1) is 8.33. The summed E-state index contributed by atoms with van der Waals surface area (Å²) in [5, 5.41) is 0. The van der Waals surface area contributed by atoms with E-state index in [0.29, 0.717) is 5.56 Å². The smallest absolute Gasteiger partial charge is 0.225 e. The van der Waals surface area contributed by atoms with Gasteiger partial charge in [0.15, 0.2) is 6.29 Å². The van der Waals surface area contributed by atoms with Gasteiger partial charge in [-0.1, -0.05) is 19.8 Å². The van der Waals surface area contributed by atoms with Gasteiger partial charge in [0.05, 0.1) is 5.56 Å². The van der Waals surface area contributed by atoms with E-state index >= 15 is 0 Å². The molecule has 0 unspecified atom stereocenters. The van der Waals surface area contributed by atoms with Crippen molar-refractivity contribution in [2.75, 3.05) is 18.0 Å². The summed E-state index contributed by atoms with van der Waals surface area (Å²) in [6.45, 7) is 4.31. The molecule has 2 heterocycles. The van der Waals surface area contributed by atoms with Crippen LogP contribution in [-0.4, -0.2) is 29.3 Å². The first kappa shape index (κ1) is 12.0. The van der Waals surface area contributed by atoms with E-state index in [1.165, 1.54) is 25.7 Å². The molecule has 1 aliphatic rings. The van der Waals surface area contributed by atoms with Crippen LogP contribution in [0.1, 0.15) is 43.0 Å². The number of nitrogens with zero attached hydrogens (tertiary/aromatic N) is 3. The van der Waals surface area contributed by atoms with Crippen molar-refractivity contribution in [1.82, 2.24) is 9.97 Å². The number of rotatable bonds is 4. The summed E-state index contributed by atoms with van der Waals surface area (Å²) >= 11 is 0. The molecular formula is C13H19N3O. The summed E-state index contributed by atoms with van der Waals surface area (Å²) in [7, 11) is 0. The molecule has 4 heteroatoms. The Balaban J connectivity index is 1.93. The van der Waals surface area contributed by atoms with Crippen LogP contribution in [-0.2, 0) is 0 Å².